The van der Waals surface area contributed by atoms with Crippen LogP contribution < -0.4 is 0 Å². The van der Waals surface area contributed by atoms with Crippen molar-refractivity contribution in [1.82, 2.24) is 0 Å². The van der Waals surface area contributed by atoms with Gasteiger partial charge in [0.15, 0.2) is 0 Å². The minimum atomic E-state index is -0.820. The topological polar surface area (TPSA) is 36.9 Å². The molecular formula is C29H36O4. The fourth-order valence-corrected chi connectivity index (χ4v) is 8.50. The van der Waals surface area contributed by atoms with Crippen LogP contribution >= 0.6 is 0 Å². The molecule has 176 valence electrons. The minimum absolute atomic E-state index is 0.192. The highest BCUT2D eigenvalue weighted by molar-refractivity contribution is 5.73. The van der Waals surface area contributed by atoms with Gasteiger partial charge in [0, 0.05) is 17.8 Å². The fourth-order valence-electron chi connectivity index (χ4n) is 8.50. The number of aryl methyl sites for hydroxylation is 1. The van der Waals surface area contributed by atoms with E-state index in [0.29, 0.717) is 44.2 Å². The Kier molecular flexibility index (Phi) is 4.60. The normalized spacial score (nSPS) is 44.2. The van der Waals surface area contributed by atoms with Crippen molar-refractivity contribution in [2.24, 2.45) is 23.2 Å². The van der Waals surface area contributed by atoms with Crippen molar-refractivity contribution in [3.63, 3.8) is 0 Å². The lowest BCUT2D eigenvalue weighted by Gasteiger charge is -2.57. The minimum Gasteiger partial charge on any atom is -0.343 e. The standard InChI is InChI=1S/C29H36O4/c1-19-7-9-21(10-8-19)24-17-27(2)25(23-12-11-20-5-3-4-6-22(20)26(23)24)18-28-29(27,32-15-13-30-28)33-16-14-31-28/h7-11,22-23,25H,3-6,12-18H2,1-2H3/t22-,23-,25-,27-,28?,29?/m0/s1. The molecule has 4 nitrogen and oxygen atoms in total. The number of benzene rings is 1. The van der Waals surface area contributed by atoms with E-state index in [1.54, 1.807) is 16.7 Å². The van der Waals surface area contributed by atoms with E-state index in [1.165, 1.54) is 36.8 Å². The third kappa shape index (κ3) is 2.67. The number of rotatable bonds is 1. The van der Waals surface area contributed by atoms with E-state index in [4.69, 9.17) is 18.9 Å². The van der Waals surface area contributed by atoms with Gasteiger partial charge in [-0.2, -0.15) is 0 Å². The van der Waals surface area contributed by atoms with Crippen LogP contribution in [0.5, 0.6) is 0 Å². The number of hydrogen-bond donors (Lipinski definition) is 0. The molecule has 0 bridgehead atoms. The summed E-state index contributed by atoms with van der Waals surface area (Å²) in [5.74, 6) is -0.0463. The second kappa shape index (κ2) is 7.27. The Morgan fingerprint density at radius 1 is 0.909 bits per heavy atom. The zero-order chi connectivity index (χ0) is 22.3. The monoisotopic (exact) mass is 448 g/mol. The highest BCUT2D eigenvalue weighted by Crippen LogP contribution is 2.71. The molecule has 2 heterocycles. The van der Waals surface area contributed by atoms with Gasteiger partial charge in [-0.1, -0.05) is 60.4 Å². The van der Waals surface area contributed by atoms with Crippen molar-refractivity contribution >= 4 is 5.57 Å². The van der Waals surface area contributed by atoms with Gasteiger partial charge < -0.3 is 18.9 Å². The maximum atomic E-state index is 6.64. The van der Waals surface area contributed by atoms with E-state index >= 15 is 0 Å². The number of fused-ring (bicyclic) bond motifs is 5. The molecule has 0 unspecified atom stereocenters. The van der Waals surface area contributed by atoms with Gasteiger partial charge in [-0.05, 0) is 62.0 Å². The van der Waals surface area contributed by atoms with Gasteiger partial charge in [-0.3, -0.25) is 0 Å². The van der Waals surface area contributed by atoms with E-state index in [9.17, 15) is 0 Å². The molecule has 1 aromatic carbocycles. The summed E-state index contributed by atoms with van der Waals surface area (Å²) in [4.78, 5) is 0. The Balaban J connectivity index is 1.43. The van der Waals surface area contributed by atoms with E-state index in [-0.39, 0.29) is 5.41 Å². The second-order valence-corrected chi connectivity index (χ2v) is 11.4. The zero-order valence-electron chi connectivity index (χ0n) is 20.0. The van der Waals surface area contributed by atoms with Gasteiger partial charge in [-0.15, -0.1) is 0 Å². The van der Waals surface area contributed by atoms with Crippen LogP contribution in [0.25, 0.3) is 5.57 Å². The van der Waals surface area contributed by atoms with Crippen molar-refractivity contribution in [3.8, 4) is 0 Å². The molecule has 4 fully saturated rings. The average Bonchev–Trinajstić information content (AvgIpc) is 3.10. The first kappa shape index (κ1) is 20.9. The van der Waals surface area contributed by atoms with Gasteiger partial charge >= 0.3 is 0 Å². The van der Waals surface area contributed by atoms with Crippen LogP contribution in [-0.4, -0.2) is 38.0 Å². The quantitative estimate of drug-likeness (QED) is 0.509. The first-order chi connectivity index (χ1) is 16.1. The Morgan fingerprint density at radius 2 is 1.64 bits per heavy atom. The molecule has 0 aromatic heterocycles. The first-order valence-corrected chi connectivity index (χ1v) is 13.1. The van der Waals surface area contributed by atoms with Gasteiger partial charge in [0.05, 0.1) is 26.4 Å². The maximum Gasteiger partial charge on any atom is 0.230 e. The van der Waals surface area contributed by atoms with Crippen molar-refractivity contribution < 1.29 is 18.9 Å². The summed E-state index contributed by atoms with van der Waals surface area (Å²) < 4.78 is 26.2. The van der Waals surface area contributed by atoms with E-state index < -0.39 is 11.6 Å². The Hall–Kier alpha value is -1.46. The third-order valence-corrected chi connectivity index (χ3v) is 9.85. The average molecular weight is 449 g/mol. The molecule has 1 aromatic rings. The molecule has 0 N–H and O–H groups in total. The molecular weight excluding hydrogens is 412 g/mol. The summed E-state index contributed by atoms with van der Waals surface area (Å²) in [5.41, 5.74) is 7.47. The van der Waals surface area contributed by atoms with E-state index in [2.05, 4.69) is 44.2 Å². The predicted octanol–water partition coefficient (Wildman–Crippen LogP) is 5.80. The molecule has 4 heteroatoms. The van der Waals surface area contributed by atoms with Crippen molar-refractivity contribution in [3.05, 3.63) is 52.6 Å². The molecule has 0 spiro atoms. The largest absolute Gasteiger partial charge is 0.343 e. The molecule has 2 saturated carbocycles. The Bertz CT molecular complexity index is 1010. The summed E-state index contributed by atoms with van der Waals surface area (Å²) in [7, 11) is 0. The van der Waals surface area contributed by atoms with Crippen LogP contribution in [0, 0.1) is 30.1 Å². The summed E-state index contributed by atoms with van der Waals surface area (Å²) >= 11 is 0. The molecule has 6 aliphatic rings. The Morgan fingerprint density at radius 3 is 2.39 bits per heavy atom. The summed E-state index contributed by atoms with van der Waals surface area (Å²) in [5, 5.41) is 0. The van der Waals surface area contributed by atoms with Crippen molar-refractivity contribution in [2.75, 3.05) is 26.4 Å². The lowest BCUT2D eigenvalue weighted by Crippen LogP contribution is -2.69. The van der Waals surface area contributed by atoms with Gasteiger partial charge in [0.2, 0.25) is 11.6 Å². The highest BCUT2D eigenvalue weighted by atomic mass is 16.8. The lowest BCUT2D eigenvalue weighted by molar-refractivity contribution is -0.472. The van der Waals surface area contributed by atoms with Crippen LogP contribution in [0.2, 0.25) is 0 Å². The van der Waals surface area contributed by atoms with Crippen LogP contribution in [0.1, 0.15) is 63.0 Å². The SMILES string of the molecule is Cc1ccc(C2=C3[C@H]4CCCCC4=CC[C@H]3[C@@H]3CC45OCCOC4(OCCO5)[C@@]3(C)C2)cc1. The summed E-state index contributed by atoms with van der Waals surface area (Å²) in [6.45, 7) is 6.89. The Labute approximate surface area is 197 Å². The van der Waals surface area contributed by atoms with Crippen LogP contribution in [-0.2, 0) is 18.9 Å². The molecule has 4 aliphatic carbocycles. The van der Waals surface area contributed by atoms with Crippen LogP contribution in [0.15, 0.2) is 41.5 Å². The predicted molar refractivity (Wildman–Crippen MR) is 126 cm³/mol. The third-order valence-electron chi connectivity index (χ3n) is 9.85. The maximum absolute atomic E-state index is 6.64. The molecule has 2 saturated heterocycles. The van der Waals surface area contributed by atoms with Gasteiger partial charge in [-0.25, -0.2) is 0 Å². The summed E-state index contributed by atoms with van der Waals surface area (Å²) in [6, 6.07) is 9.22. The smallest absolute Gasteiger partial charge is 0.230 e. The molecule has 33 heavy (non-hydrogen) atoms. The van der Waals surface area contributed by atoms with Gasteiger partial charge in [0.25, 0.3) is 0 Å². The van der Waals surface area contributed by atoms with E-state index in [1.807, 2.05) is 0 Å². The molecule has 0 amide bonds. The lowest BCUT2D eigenvalue weighted by atomic mass is 9.54. The zero-order valence-corrected chi connectivity index (χ0v) is 20.0. The van der Waals surface area contributed by atoms with Crippen LogP contribution in [0.3, 0.4) is 0 Å². The van der Waals surface area contributed by atoms with Gasteiger partial charge in [0.1, 0.15) is 0 Å². The molecule has 2 aliphatic heterocycles. The second-order valence-electron chi connectivity index (χ2n) is 11.4. The number of hydrogen-bond acceptors (Lipinski definition) is 4. The van der Waals surface area contributed by atoms with Crippen LogP contribution in [0.4, 0.5) is 0 Å². The summed E-state index contributed by atoms with van der Waals surface area (Å²) in [6.07, 6.45) is 10.8. The highest BCUT2D eigenvalue weighted by Gasteiger charge is 2.78. The first-order valence-electron chi connectivity index (χ1n) is 13.1. The number of ether oxygens (including phenoxy) is 4. The molecule has 0 radical (unpaired) electrons. The molecule has 4 atom stereocenters. The number of allylic oxidation sites excluding steroid dienone is 4. The fraction of sp³-hybridized carbons (Fsp3) is 0.655. The van der Waals surface area contributed by atoms with Crippen molar-refractivity contribution in [1.29, 1.82) is 0 Å². The van der Waals surface area contributed by atoms with E-state index in [0.717, 1.165) is 19.3 Å². The van der Waals surface area contributed by atoms with Crippen molar-refractivity contribution in [2.45, 2.75) is 70.4 Å². The molecule has 7 rings (SSSR count).